The number of unbranched alkanes of at least 4 members (excludes halogenated alkanes) is 5. The number of rotatable bonds is 8. The van der Waals surface area contributed by atoms with Gasteiger partial charge < -0.3 is 4.74 Å². The Kier molecular flexibility index (Phi) is 5.46. The second kappa shape index (κ2) is 7.96. The lowest BCUT2D eigenvalue weighted by molar-refractivity contribution is 0.305. The molecule has 0 saturated carbocycles. The van der Waals surface area contributed by atoms with Gasteiger partial charge in [-0.3, -0.25) is 4.98 Å². The van der Waals surface area contributed by atoms with E-state index in [1.54, 1.807) is 0 Å². The summed E-state index contributed by atoms with van der Waals surface area (Å²) in [7, 11) is 0. The maximum absolute atomic E-state index is 5.95. The molecule has 0 amide bonds. The number of aromatic nitrogens is 1. The molecule has 120 valence electrons. The van der Waals surface area contributed by atoms with Crippen LogP contribution in [0.15, 0.2) is 48.8 Å². The molecule has 1 aromatic heterocycles. The van der Waals surface area contributed by atoms with Crippen LogP contribution in [0.1, 0.15) is 45.4 Å². The molecule has 0 spiro atoms. The number of fused-ring (bicyclic) bond motifs is 3. The van der Waals surface area contributed by atoms with E-state index in [4.69, 9.17) is 4.74 Å². The van der Waals surface area contributed by atoms with E-state index in [0.717, 1.165) is 18.8 Å². The molecule has 0 radical (unpaired) electrons. The van der Waals surface area contributed by atoms with Crippen molar-refractivity contribution in [1.29, 1.82) is 0 Å². The first-order valence-corrected chi connectivity index (χ1v) is 8.78. The van der Waals surface area contributed by atoms with Crippen LogP contribution in [0.5, 0.6) is 5.75 Å². The number of hydrogen-bond acceptors (Lipinski definition) is 2. The minimum Gasteiger partial charge on any atom is -0.494 e. The summed E-state index contributed by atoms with van der Waals surface area (Å²) < 4.78 is 5.95. The van der Waals surface area contributed by atoms with Crippen molar-refractivity contribution in [3.63, 3.8) is 0 Å². The normalized spacial score (nSPS) is 11.2. The zero-order valence-electron chi connectivity index (χ0n) is 13.9. The molecule has 0 unspecified atom stereocenters. The smallest absolute Gasteiger partial charge is 0.119 e. The Morgan fingerprint density at radius 2 is 1.57 bits per heavy atom. The molecule has 0 bridgehead atoms. The number of hydrogen-bond donors (Lipinski definition) is 0. The van der Waals surface area contributed by atoms with Crippen molar-refractivity contribution in [2.24, 2.45) is 0 Å². The Morgan fingerprint density at radius 1 is 0.826 bits per heavy atom. The maximum Gasteiger partial charge on any atom is 0.119 e. The second-order valence-corrected chi connectivity index (χ2v) is 6.16. The van der Waals surface area contributed by atoms with Crippen molar-refractivity contribution in [2.75, 3.05) is 6.61 Å². The monoisotopic (exact) mass is 307 g/mol. The third kappa shape index (κ3) is 4.01. The molecule has 1 heterocycles. The van der Waals surface area contributed by atoms with Gasteiger partial charge >= 0.3 is 0 Å². The van der Waals surface area contributed by atoms with E-state index in [1.807, 2.05) is 12.4 Å². The van der Waals surface area contributed by atoms with Gasteiger partial charge in [0.1, 0.15) is 5.75 Å². The molecule has 2 aromatic carbocycles. The highest BCUT2D eigenvalue weighted by Gasteiger charge is 2.03. The van der Waals surface area contributed by atoms with E-state index >= 15 is 0 Å². The number of nitrogens with zero attached hydrogens (tertiary/aromatic N) is 1. The second-order valence-electron chi connectivity index (χ2n) is 6.16. The van der Waals surface area contributed by atoms with Crippen LogP contribution >= 0.6 is 0 Å². The van der Waals surface area contributed by atoms with Gasteiger partial charge in [0.15, 0.2) is 0 Å². The van der Waals surface area contributed by atoms with E-state index in [2.05, 4.69) is 48.3 Å². The molecule has 0 N–H and O–H groups in total. The summed E-state index contributed by atoms with van der Waals surface area (Å²) in [5.41, 5.74) is 0. The van der Waals surface area contributed by atoms with Gasteiger partial charge in [-0.2, -0.15) is 0 Å². The predicted octanol–water partition coefficient (Wildman–Crippen LogP) is 6.13. The fourth-order valence-electron chi connectivity index (χ4n) is 3.03. The zero-order chi connectivity index (χ0) is 15.9. The van der Waals surface area contributed by atoms with Gasteiger partial charge in [0.25, 0.3) is 0 Å². The first-order chi connectivity index (χ1) is 11.4. The van der Waals surface area contributed by atoms with Crippen LogP contribution in [-0.2, 0) is 0 Å². The fraction of sp³-hybridized carbons (Fsp3) is 0.381. The average molecular weight is 307 g/mol. The van der Waals surface area contributed by atoms with Crippen LogP contribution in [0, 0.1) is 0 Å². The minimum absolute atomic E-state index is 0.806. The van der Waals surface area contributed by atoms with Crippen LogP contribution in [0.25, 0.3) is 21.5 Å². The van der Waals surface area contributed by atoms with Gasteiger partial charge in [0.2, 0.25) is 0 Å². The van der Waals surface area contributed by atoms with E-state index in [1.165, 1.54) is 53.6 Å². The van der Waals surface area contributed by atoms with Crippen molar-refractivity contribution in [1.82, 2.24) is 4.98 Å². The largest absolute Gasteiger partial charge is 0.494 e. The Bertz CT molecular complexity index is 766. The highest BCUT2D eigenvalue weighted by atomic mass is 16.5. The summed E-state index contributed by atoms with van der Waals surface area (Å²) in [5, 5.41) is 4.86. The average Bonchev–Trinajstić information content (AvgIpc) is 2.61. The minimum atomic E-state index is 0.806. The Labute approximate surface area is 138 Å². The summed E-state index contributed by atoms with van der Waals surface area (Å²) >= 11 is 0. The molecule has 3 aromatic rings. The van der Waals surface area contributed by atoms with E-state index < -0.39 is 0 Å². The topological polar surface area (TPSA) is 22.1 Å². The summed E-state index contributed by atoms with van der Waals surface area (Å²) in [6.45, 7) is 3.06. The van der Waals surface area contributed by atoms with Gasteiger partial charge in [-0.15, -0.1) is 0 Å². The Balaban J connectivity index is 1.64. The summed E-state index contributed by atoms with van der Waals surface area (Å²) in [6.07, 6.45) is 11.5. The lowest BCUT2D eigenvalue weighted by atomic mass is 10.0. The summed E-state index contributed by atoms with van der Waals surface area (Å²) in [4.78, 5) is 4.26. The first kappa shape index (κ1) is 15.8. The maximum atomic E-state index is 5.95. The number of pyridine rings is 1. The highest BCUT2D eigenvalue weighted by Crippen LogP contribution is 2.28. The lowest BCUT2D eigenvalue weighted by Crippen LogP contribution is -1.97. The van der Waals surface area contributed by atoms with E-state index in [9.17, 15) is 0 Å². The number of ether oxygens (including phenoxy) is 1. The predicted molar refractivity (Wildman–Crippen MR) is 98.1 cm³/mol. The molecule has 3 rings (SSSR count). The van der Waals surface area contributed by atoms with Gasteiger partial charge in [-0.1, -0.05) is 57.2 Å². The van der Waals surface area contributed by atoms with Crippen molar-refractivity contribution in [2.45, 2.75) is 45.4 Å². The molecule has 0 atom stereocenters. The van der Waals surface area contributed by atoms with Crippen molar-refractivity contribution < 1.29 is 4.74 Å². The fourth-order valence-corrected chi connectivity index (χ4v) is 3.03. The Hall–Kier alpha value is -2.09. The van der Waals surface area contributed by atoms with E-state index in [0.29, 0.717) is 0 Å². The third-order valence-electron chi connectivity index (χ3n) is 4.38. The van der Waals surface area contributed by atoms with Crippen LogP contribution in [0.2, 0.25) is 0 Å². The molecular formula is C21H25NO. The molecule has 2 heteroatoms. The molecule has 0 aliphatic heterocycles. The first-order valence-electron chi connectivity index (χ1n) is 8.78. The van der Waals surface area contributed by atoms with Gasteiger partial charge in [0.05, 0.1) is 6.61 Å². The molecule has 0 saturated heterocycles. The molecular weight excluding hydrogens is 282 g/mol. The Morgan fingerprint density at radius 3 is 2.43 bits per heavy atom. The van der Waals surface area contributed by atoms with Crippen molar-refractivity contribution >= 4 is 21.5 Å². The van der Waals surface area contributed by atoms with Crippen LogP contribution in [-0.4, -0.2) is 11.6 Å². The summed E-state index contributed by atoms with van der Waals surface area (Å²) in [5.74, 6) is 0.961. The zero-order valence-corrected chi connectivity index (χ0v) is 13.9. The van der Waals surface area contributed by atoms with Gasteiger partial charge in [0, 0.05) is 17.8 Å². The van der Waals surface area contributed by atoms with Crippen molar-refractivity contribution in [3.8, 4) is 5.75 Å². The summed E-state index contributed by atoms with van der Waals surface area (Å²) in [6, 6.07) is 12.7. The number of benzene rings is 2. The van der Waals surface area contributed by atoms with Gasteiger partial charge in [-0.25, -0.2) is 0 Å². The molecule has 0 aliphatic rings. The quantitative estimate of drug-likeness (QED) is 0.369. The molecule has 0 fully saturated rings. The SMILES string of the molecule is CCCCCCCCOc1ccc2ccc3ccncc3c2c1. The third-order valence-corrected chi connectivity index (χ3v) is 4.38. The van der Waals surface area contributed by atoms with E-state index in [-0.39, 0.29) is 0 Å². The standard InChI is InChI=1S/C21H25NO/c1-2-3-4-5-6-7-14-23-19-11-10-17-8-9-18-12-13-22-16-21(18)20(17)15-19/h8-13,15-16H,2-7,14H2,1H3. The highest BCUT2D eigenvalue weighted by molar-refractivity contribution is 6.07. The van der Waals surface area contributed by atoms with Gasteiger partial charge in [-0.05, 0) is 40.8 Å². The van der Waals surface area contributed by atoms with Crippen LogP contribution in [0.3, 0.4) is 0 Å². The van der Waals surface area contributed by atoms with Crippen LogP contribution < -0.4 is 4.74 Å². The molecule has 23 heavy (non-hydrogen) atoms. The van der Waals surface area contributed by atoms with Crippen molar-refractivity contribution in [3.05, 3.63) is 48.8 Å². The lowest BCUT2D eigenvalue weighted by Gasteiger charge is -2.09. The molecule has 0 aliphatic carbocycles. The molecule has 2 nitrogen and oxygen atoms in total. The van der Waals surface area contributed by atoms with Crippen LogP contribution in [0.4, 0.5) is 0 Å².